The van der Waals surface area contributed by atoms with Crippen LogP contribution in [0, 0.1) is 0 Å². The average Bonchev–Trinajstić information content (AvgIpc) is 2.83. The smallest absolute Gasteiger partial charge is 0.118 e. The molecular weight excluding hydrogens is 214 g/mol. The van der Waals surface area contributed by atoms with Crippen molar-refractivity contribution in [2.75, 3.05) is 13.7 Å². The molecule has 3 rings (SSSR count). The molecule has 1 aliphatic heterocycles. The fourth-order valence-electron chi connectivity index (χ4n) is 2.21. The van der Waals surface area contributed by atoms with Crippen LogP contribution in [0.4, 0.5) is 0 Å². The first-order chi connectivity index (χ1) is 8.38. The number of H-pyrrole nitrogens is 1. The van der Waals surface area contributed by atoms with Crippen molar-refractivity contribution in [2.45, 2.75) is 13.0 Å². The third-order valence-electron chi connectivity index (χ3n) is 3.17. The van der Waals surface area contributed by atoms with Gasteiger partial charge < -0.3 is 10.1 Å². The van der Waals surface area contributed by atoms with Crippen molar-refractivity contribution in [2.24, 2.45) is 0 Å². The average molecular weight is 229 g/mol. The van der Waals surface area contributed by atoms with Gasteiger partial charge in [-0.1, -0.05) is 0 Å². The van der Waals surface area contributed by atoms with E-state index in [0.717, 1.165) is 36.5 Å². The quantitative estimate of drug-likeness (QED) is 0.824. The van der Waals surface area contributed by atoms with Crippen LogP contribution in [0.5, 0.6) is 5.75 Å². The van der Waals surface area contributed by atoms with E-state index < -0.39 is 0 Å². The standard InChI is InChI=1S/C13H15N3O/c1-17-10-4-2-9(3-5-10)13-11-8-14-7-6-12(11)15-16-13/h2-5,14H,6-8H2,1H3,(H,15,16). The van der Waals surface area contributed by atoms with Gasteiger partial charge in [-0.2, -0.15) is 5.10 Å². The van der Waals surface area contributed by atoms with Gasteiger partial charge in [0, 0.05) is 36.3 Å². The highest BCUT2D eigenvalue weighted by molar-refractivity contribution is 5.65. The van der Waals surface area contributed by atoms with Crippen molar-refractivity contribution in [3.63, 3.8) is 0 Å². The minimum absolute atomic E-state index is 0.872. The van der Waals surface area contributed by atoms with Gasteiger partial charge in [0.2, 0.25) is 0 Å². The second kappa shape index (κ2) is 4.22. The number of hydrogen-bond donors (Lipinski definition) is 2. The molecule has 4 nitrogen and oxygen atoms in total. The lowest BCUT2D eigenvalue weighted by molar-refractivity contribution is 0.415. The minimum atomic E-state index is 0.872. The Labute approximate surface area is 100 Å². The predicted octanol–water partition coefficient (Wildman–Crippen LogP) is 1.73. The van der Waals surface area contributed by atoms with Gasteiger partial charge in [-0.3, -0.25) is 5.10 Å². The maximum absolute atomic E-state index is 5.16. The number of methoxy groups -OCH3 is 1. The normalized spacial score (nSPS) is 14.4. The maximum atomic E-state index is 5.16. The Balaban J connectivity index is 2.00. The molecule has 17 heavy (non-hydrogen) atoms. The molecule has 0 spiro atoms. The van der Waals surface area contributed by atoms with Gasteiger partial charge in [0.25, 0.3) is 0 Å². The summed E-state index contributed by atoms with van der Waals surface area (Å²) < 4.78 is 5.16. The lowest BCUT2D eigenvalue weighted by Gasteiger charge is -2.13. The van der Waals surface area contributed by atoms with Gasteiger partial charge in [0.05, 0.1) is 12.8 Å². The van der Waals surface area contributed by atoms with Crippen molar-refractivity contribution >= 4 is 0 Å². The summed E-state index contributed by atoms with van der Waals surface area (Å²) in [6.07, 6.45) is 1.03. The molecule has 0 saturated carbocycles. The van der Waals surface area contributed by atoms with Gasteiger partial charge in [0.15, 0.2) is 0 Å². The van der Waals surface area contributed by atoms with E-state index in [2.05, 4.69) is 15.5 Å². The van der Waals surface area contributed by atoms with Gasteiger partial charge in [-0.15, -0.1) is 0 Å². The number of aromatic nitrogens is 2. The Morgan fingerprint density at radius 3 is 2.82 bits per heavy atom. The van der Waals surface area contributed by atoms with E-state index >= 15 is 0 Å². The number of benzene rings is 1. The topological polar surface area (TPSA) is 49.9 Å². The van der Waals surface area contributed by atoms with E-state index in [1.807, 2.05) is 24.3 Å². The number of fused-ring (bicyclic) bond motifs is 1. The first kappa shape index (κ1) is 10.4. The molecule has 2 aromatic rings. The summed E-state index contributed by atoms with van der Waals surface area (Å²) in [7, 11) is 1.68. The molecule has 2 N–H and O–H groups in total. The van der Waals surface area contributed by atoms with Crippen molar-refractivity contribution in [3.8, 4) is 17.0 Å². The van der Waals surface area contributed by atoms with E-state index in [-0.39, 0.29) is 0 Å². The summed E-state index contributed by atoms with van der Waals surface area (Å²) in [5, 5.41) is 10.9. The number of ether oxygens (including phenoxy) is 1. The van der Waals surface area contributed by atoms with Gasteiger partial charge in [-0.05, 0) is 24.3 Å². The first-order valence-electron chi connectivity index (χ1n) is 5.80. The third kappa shape index (κ3) is 1.80. The summed E-state index contributed by atoms with van der Waals surface area (Å²) in [5.41, 5.74) is 4.73. The molecule has 88 valence electrons. The molecule has 1 aliphatic rings. The predicted molar refractivity (Wildman–Crippen MR) is 66.0 cm³/mol. The lowest BCUT2D eigenvalue weighted by Crippen LogP contribution is -2.23. The molecular formula is C13H15N3O. The zero-order valence-electron chi connectivity index (χ0n) is 9.79. The van der Waals surface area contributed by atoms with Crippen LogP contribution < -0.4 is 10.1 Å². The van der Waals surface area contributed by atoms with E-state index in [0.29, 0.717) is 0 Å². The second-order valence-electron chi connectivity index (χ2n) is 4.18. The zero-order valence-corrected chi connectivity index (χ0v) is 9.79. The number of rotatable bonds is 2. The lowest BCUT2D eigenvalue weighted by atomic mass is 10.0. The number of hydrogen-bond acceptors (Lipinski definition) is 3. The molecule has 0 saturated heterocycles. The van der Waals surface area contributed by atoms with E-state index in [4.69, 9.17) is 4.74 Å². The van der Waals surface area contributed by atoms with Gasteiger partial charge >= 0.3 is 0 Å². The molecule has 0 unspecified atom stereocenters. The van der Waals surface area contributed by atoms with Crippen LogP contribution in [0.15, 0.2) is 24.3 Å². The summed E-state index contributed by atoms with van der Waals surface area (Å²) in [5.74, 6) is 0.872. The van der Waals surface area contributed by atoms with E-state index in [1.165, 1.54) is 11.3 Å². The van der Waals surface area contributed by atoms with Crippen LogP contribution in [0.1, 0.15) is 11.3 Å². The number of aromatic amines is 1. The second-order valence-corrected chi connectivity index (χ2v) is 4.18. The van der Waals surface area contributed by atoms with Gasteiger partial charge in [-0.25, -0.2) is 0 Å². The van der Waals surface area contributed by atoms with Crippen LogP contribution in [0.2, 0.25) is 0 Å². The largest absolute Gasteiger partial charge is 0.497 e. The Bertz CT molecular complexity index is 516. The van der Waals surface area contributed by atoms with Crippen molar-refractivity contribution in [3.05, 3.63) is 35.5 Å². The molecule has 4 heteroatoms. The Morgan fingerprint density at radius 2 is 2.06 bits per heavy atom. The summed E-state index contributed by atoms with van der Waals surface area (Å²) >= 11 is 0. The molecule has 1 aromatic carbocycles. The Hall–Kier alpha value is -1.81. The number of nitrogens with one attached hydrogen (secondary N) is 2. The fraction of sp³-hybridized carbons (Fsp3) is 0.308. The van der Waals surface area contributed by atoms with Crippen molar-refractivity contribution in [1.82, 2.24) is 15.5 Å². The minimum Gasteiger partial charge on any atom is -0.497 e. The summed E-state index contributed by atoms with van der Waals surface area (Å²) in [6, 6.07) is 8.02. The fourth-order valence-corrected chi connectivity index (χ4v) is 2.21. The van der Waals surface area contributed by atoms with Crippen LogP contribution in [0.3, 0.4) is 0 Å². The van der Waals surface area contributed by atoms with Crippen LogP contribution >= 0.6 is 0 Å². The molecule has 0 aliphatic carbocycles. The van der Waals surface area contributed by atoms with Crippen LogP contribution in [-0.2, 0) is 13.0 Å². The zero-order chi connectivity index (χ0) is 11.7. The van der Waals surface area contributed by atoms with E-state index in [1.54, 1.807) is 7.11 Å². The molecule has 0 amide bonds. The highest BCUT2D eigenvalue weighted by atomic mass is 16.5. The Morgan fingerprint density at radius 1 is 1.24 bits per heavy atom. The molecule has 0 atom stereocenters. The van der Waals surface area contributed by atoms with Gasteiger partial charge in [0.1, 0.15) is 5.75 Å². The highest BCUT2D eigenvalue weighted by Crippen LogP contribution is 2.27. The third-order valence-corrected chi connectivity index (χ3v) is 3.17. The van der Waals surface area contributed by atoms with E-state index in [9.17, 15) is 0 Å². The van der Waals surface area contributed by atoms with Crippen molar-refractivity contribution < 1.29 is 4.74 Å². The monoisotopic (exact) mass is 229 g/mol. The molecule has 2 heterocycles. The summed E-state index contributed by atoms with van der Waals surface area (Å²) in [6.45, 7) is 1.92. The van der Waals surface area contributed by atoms with Crippen LogP contribution in [0.25, 0.3) is 11.3 Å². The molecule has 0 bridgehead atoms. The first-order valence-corrected chi connectivity index (χ1v) is 5.80. The molecule has 1 aromatic heterocycles. The van der Waals surface area contributed by atoms with Crippen molar-refractivity contribution in [1.29, 1.82) is 0 Å². The molecule has 0 radical (unpaired) electrons. The maximum Gasteiger partial charge on any atom is 0.118 e. The Kier molecular flexibility index (Phi) is 2.57. The van der Waals surface area contributed by atoms with Crippen LogP contribution in [-0.4, -0.2) is 23.9 Å². The number of nitrogens with zero attached hydrogens (tertiary/aromatic N) is 1. The summed E-state index contributed by atoms with van der Waals surface area (Å²) in [4.78, 5) is 0. The SMILES string of the molecule is COc1ccc(-c2n[nH]c3c2CNCC3)cc1. The highest BCUT2D eigenvalue weighted by Gasteiger charge is 2.17. The molecule has 0 fully saturated rings.